The van der Waals surface area contributed by atoms with Gasteiger partial charge in [0.2, 0.25) is 0 Å². The molecule has 0 unspecified atom stereocenters. The first-order valence-corrected chi connectivity index (χ1v) is 11.1. The van der Waals surface area contributed by atoms with Crippen molar-refractivity contribution >= 4 is 34.8 Å². The van der Waals surface area contributed by atoms with Crippen molar-refractivity contribution in [1.29, 1.82) is 0 Å². The maximum Gasteiger partial charge on any atom is 0.257 e. The zero-order chi connectivity index (χ0) is 22.2. The number of ether oxygens (including phenoxy) is 1. The molecule has 0 bridgehead atoms. The summed E-state index contributed by atoms with van der Waals surface area (Å²) in [6.45, 7) is 6.48. The Labute approximate surface area is 189 Å². The third kappa shape index (κ3) is 6.79. The lowest BCUT2D eigenvalue weighted by molar-refractivity contribution is 0.0792. The van der Waals surface area contributed by atoms with Crippen LogP contribution in [0.15, 0.2) is 48.5 Å². The third-order valence-corrected chi connectivity index (χ3v) is 5.25. The fourth-order valence-electron chi connectivity index (χ4n) is 3.31. The first-order chi connectivity index (χ1) is 14.9. The van der Waals surface area contributed by atoms with E-state index in [-0.39, 0.29) is 16.9 Å². The van der Waals surface area contributed by atoms with Gasteiger partial charge in [0, 0.05) is 29.9 Å². The van der Waals surface area contributed by atoms with Crippen molar-refractivity contribution in [2.24, 2.45) is 5.92 Å². The van der Waals surface area contributed by atoms with Gasteiger partial charge in [-0.1, -0.05) is 26.0 Å². The predicted octanol–water partition coefficient (Wildman–Crippen LogP) is 4.47. The van der Waals surface area contributed by atoms with Crippen LogP contribution in [0.2, 0.25) is 0 Å². The number of nitrogens with zero attached hydrogens (tertiary/aromatic N) is 1. The van der Waals surface area contributed by atoms with Crippen molar-refractivity contribution in [2.75, 3.05) is 25.0 Å². The highest BCUT2D eigenvalue weighted by Crippen LogP contribution is 2.17. The van der Waals surface area contributed by atoms with Crippen LogP contribution in [0, 0.1) is 5.92 Å². The van der Waals surface area contributed by atoms with E-state index < -0.39 is 0 Å². The minimum Gasteiger partial charge on any atom is -0.494 e. The number of hydrogen-bond donors (Lipinski definition) is 2. The second-order valence-electron chi connectivity index (χ2n) is 8.05. The lowest BCUT2D eigenvalue weighted by Crippen LogP contribution is -2.34. The van der Waals surface area contributed by atoms with Crippen molar-refractivity contribution in [3.63, 3.8) is 0 Å². The van der Waals surface area contributed by atoms with E-state index >= 15 is 0 Å². The highest BCUT2D eigenvalue weighted by Gasteiger charge is 2.19. The van der Waals surface area contributed by atoms with Crippen molar-refractivity contribution in [3.05, 3.63) is 59.7 Å². The normalized spacial score (nSPS) is 13.2. The van der Waals surface area contributed by atoms with E-state index in [1.807, 2.05) is 17.0 Å². The molecule has 0 atom stereocenters. The number of thiocarbonyl (C=S) groups is 1. The molecule has 1 aliphatic heterocycles. The minimum atomic E-state index is -0.323. The Balaban J connectivity index is 1.56. The van der Waals surface area contributed by atoms with Gasteiger partial charge in [-0.2, -0.15) is 0 Å². The molecule has 2 N–H and O–H groups in total. The molecule has 2 aromatic rings. The monoisotopic (exact) mass is 439 g/mol. The average Bonchev–Trinajstić information content (AvgIpc) is 3.28. The van der Waals surface area contributed by atoms with Gasteiger partial charge in [0.15, 0.2) is 5.11 Å². The van der Waals surface area contributed by atoms with Crippen LogP contribution >= 0.6 is 12.2 Å². The molecular formula is C24H29N3O3S. The molecule has 1 saturated heterocycles. The average molecular weight is 440 g/mol. The van der Waals surface area contributed by atoms with Gasteiger partial charge < -0.3 is 15.0 Å². The molecule has 1 fully saturated rings. The Morgan fingerprint density at radius 3 is 2.52 bits per heavy atom. The second kappa shape index (κ2) is 10.9. The van der Waals surface area contributed by atoms with E-state index in [1.54, 1.807) is 36.4 Å². The van der Waals surface area contributed by atoms with Gasteiger partial charge in [0.1, 0.15) is 5.75 Å². The molecule has 6 nitrogen and oxygen atoms in total. The maximum absolute atomic E-state index is 12.6. The van der Waals surface area contributed by atoms with Crippen molar-refractivity contribution in [2.45, 2.75) is 33.1 Å². The van der Waals surface area contributed by atoms with Crippen LogP contribution in [-0.4, -0.2) is 41.5 Å². The molecule has 0 aliphatic carbocycles. The lowest BCUT2D eigenvalue weighted by Gasteiger charge is -2.16. The van der Waals surface area contributed by atoms with Gasteiger partial charge in [-0.25, -0.2) is 0 Å². The second-order valence-corrected chi connectivity index (χ2v) is 8.46. The first kappa shape index (κ1) is 22.7. The number of likely N-dealkylation sites (tertiary alicyclic amines) is 1. The number of benzene rings is 2. The number of hydrogen-bond acceptors (Lipinski definition) is 4. The zero-order valence-electron chi connectivity index (χ0n) is 18.0. The fourth-order valence-corrected chi connectivity index (χ4v) is 3.52. The van der Waals surface area contributed by atoms with Gasteiger partial charge in [-0.3, -0.25) is 14.9 Å². The molecule has 0 radical (unpaired) electrons. The molecule has 1 heterocycles. The standard InChI is InChI=1S/C24H29N3O3S/c1-17(2)11-14-30-21-10-6-7-18(16-21)22(28)26-24(31)25-20-9-5-8-19(15-20)23(29)27-12-3-4-13-27/h5-10,15-17H,3-4,11-14H2,1-2H3,(H2,25,26,28,31). The van der Waals surface area contributed by atoms with E-state index in [2.05, 4.69) is 24.5 Å². The van der Waals surface area contributed by atoms with Crippen LogP contribution in [0.25, 0.3) is 0 Å². The molecule has 164 valence electrons. The first-order valence-electron chi connectivity index (χ1n) is 10.7. The van der Waals surface area contributed by atoms with E-state index in [0.29, 0.717) is 35.1 Å². The molecule has 7 heteroatoms. The summed E-state index contributed by atoms with van der Waals surface area (Å²) >= 11 is 5.29. The summed E-state index contributed by atoms with van der Waals surface area (Å²) in [7, 11) is 0. The highest BCUT2D eigenvalue weighted by atomic mass is 32.1. The van der Waals surface area contributed by atoms with Crippen molar-refractivity contribution < 1.29 is 14.3 Å². The largest absolute Gasteiger partial charge is 0.494 e. The Kier molecular flexibility index (Phi) is 8.00. The Morgan fingerprint density at radius 2 is 1.77 bits per heavy atom. The summed E-state index contributed by atoms with van der Waals surface area (Å²) in [5, 5.41) is 5.84. The molecule has 2 amide bonds. The Morgan fingerprint density at radius 1 is 1.06 bits per heavy atom. The number of rotatable bonds is 7. The van der Waals surface area contributed by atoms with Gasteiger partial charge in [-0.15, -0.1) is 0 Å². The van der Waals surface area contributed by atoms with Crippen LogP contribution in [0.3, 0.4) is 0 Å². The smallest absolute Gasteiger partial charge is 0.257 e. The Hall–Kier alpha value is -2.93. The third-order valence-electron chi connectivity index (χ3n) is 5.05. The van der Waals surface area contributed by atoms with Gasteiger partial charge in [0.05, 0.1) is 6.61 Å². The molecule has 2 aromatic carbocycles. The lowest BCUT2D eigenvalue weighted by atomic mass is 10.1. The summed E-state index contributed by atoms with van der Waals surface area (Å²) in [5.74, 6) is 0.904. The summed E-state index contributed by atoms with van der Waals surface area (Å²) in [4.78, 5) is 27.0. The van der Waals surface area contributed by atoms with Gasteiger partial charge >= 0.3 is 0 Å². The molecule has 0 aromatic heterocycles. The fraction of sp³-hybridized carbons (Fsp3) is 0.375. The van der Waals surface area contributed by atoms with E-state index in [0.717, 1.165) is 32.4 Å². The molecule has 3 rings (SSSR count). The number of anilines is 1. The topological polar surface area (TPSA) is 70.7 Å². The zero-order valence-corrected chi connectivity index (χ0v) is 18.8. The number of nitrogens with one attached hydrogen (secondary N) is 2. The van der Waals surface area contributed by atoms with E-state index in [9.17, 15) is 9.59 Å². The van der Waals surface area contributed by atoms with Crippen LogP contribution in [0.1, 0.15) is 53.8 Å². The molecule has 0 spiro atoms. The summed E-state index contributed by atoms with van der Waals surface area (Å²) in [5.41, 5.74) is 1.72. The summed E-state index contributed by atoms with van der Waals surface area (Å²) < 4.78 is 5.72. The van der Waals surface area contributed by atoms with E-state index in [4.69, 9.17) is 17.0 Å². The van der Waals surface area contributed by atoms with Crippen molar-refractivity contribution in [3.8, 4) is 5.75 Å². The predicted molar refractivity (Wildman–Crippen MR) is 127 cm³/mol. The number of carbonyl (C=O) groups is 2. The summed E-state index contributed by atoms with van der Waals surface area (Å²) in [6.07, 6.45) is 3.04. The Bertz CT molecular complexity index is 939. The quantitative estimate of drug-likeness (QED) is 0.623. The van der Waals surface area contributed by atoms with Crippen molar-refractivity contribution in [1.82, 2.24) is 10.2 Å². The molecule has 0 saturated carbocycles. The summed E-state index contributed by atoms with van der Waals surface area (Å²) in [6, 6.07) is 14.2. The van der Waals surface area contributed by atoms with Crippen LogP contribution < -0.4 is 15.4 Å². The number of carbonyl (C=O) groups excluding carboxylic acids is 2. The maximum atomic E-state index is 12.6. The highest BCUT2D eigenvalue weighted by molar-refractivity contribution is 7.80. The number of amides is 2. The SMILES string of the molecule is CC(C)CCOc1cccc(C(=O)NC(=S)Nc2cccc(C(=O)N3CCCC3)c2)c1. The van der Waals surface area contributed by atoms with E-state index in [1.165, 1.54) is 0 Å². The van der Waals surface area contributed by atoms with Crippen LogP contribution in [0.4, 0.5) is 5.69 Å². The molecule has 31 heavy (non-hydrogen) atoms. The van der Waals surface area contributed by atoms with Gasteiger partial charge in [-0.05, 0) is 73.8 Å². The minimum absolute atomic E-state index is 0.0189. The molecule has 1 aliphatic rings. The van der Waals surface area contributed by atoms with Crippen LogP contribution in [-0.2, 0) is 0 Å². The molecular weight excluding hydrogens is 410 g/mol. The van der Waals surface area contributed by atoms with Crippen LogP contribution in [0.5, 0.6) is 5.75 Å². The van der Waals surface area contributed by atoms with Gasteiger partial charge in [0.25, 0.3) is 11.8 Å².